The highest BCUT2D eigenvalue weighted by molar-refractivity contribution is 5.22. The highest BCUT2D eigenvalue weighted by Gasteiger charge is 2.17. The lowest BCUT2D eigenvalue weighted by molar-refractivity contribution is 0.436. The summed E-state index contributed by atoms with van der Waals surface area (Å²) in [6.45, 7) is 3.90. The molecule has 0 aliphatic carbocycles. The lowest BCUT2D eigenvalue weighted by Gasteiger charge is -2.19. The number of rotatable bonds is 3. The van der Waals surface area contributed by atoms with E-state index in [4.69, 9.17) is 5.73 Å². The van der Waals surface area contributed by atoms with Gasteiger partial charge in [-0.1, -0.05) is 20.3 Å². The minimum atomic E-state index is -0.444. The summed E-state index contributed by atoms with van der Waals surface area (Å²) >= 11 is 0. The van der Waals surface area contributed by atoms with Gasteiger partial charge in [-0.3, -0.25) is 0 Å². The number of hydrogen-bond acceptors (Lipinski definition) is 1. The number of hydrogen-bond donors (Lipinski definition) is 1. The maximum atomic E-state index is 13.3. The smallest absolute Gasteiger partial charge is 0.128 e. The van der Waals surface area contributed by atoms with Crippen LogP contribution in [-0.2, 0) is 0 Å². The normalized spacial score (nSPS) is 15.2. The molecule has 14 heavy (non-hydrogen) atoms. The van der Waals surface area contributed by atoms with Gasteiger partial charge in [0, 0.05) is 11.6 Å². The van der Waals surface area contributed by atoms with Crippen molar-refractivity contribution >= 4 is 0 Å². The molecule has 0 saturated heterocycles. The Balaban J connectivity index is 2.99. The van der Waals surface area contributed by atoms with Gasteiger partial charge in [0.1, 0.15) is 11.6 Å². The van der Waals surface area contributed by atoms with Crippen LogP contribution in [0.25, 0.3) is 0 Å². The Morgan fingerprint density at radius 3 is 2.57 bits per heavy atom. The summed E-state index contributed by atoms with van der Waals surface area (Å²) in [5.41, 5.74) is 6.08. The van der Waals surface area contributed by atoms with E-state index in [2.05, 4.69) is 0 Å². The predicted molar refractivity (Wildman–Crippen MR) is 52.7 cm³/mol. The third-order valence-electron chi connectivity index (χ3n) is 2.57. The van der Waals surface area contributed by atoms with Crippen molar-refractivity contribution in [2.45, 2.75) is 26.3 Å². The first kappa shape index (κ1) is 11.1. The van der Waals surface area contributed by atoms with Gasteiger partial charge >= 0.3 is 0 Å². The van der Waals surface area contributed by atoms with Crippen LogP contribution in [0, 0.1) is 17.6 Å². The zero-order valence-corrected chi connectivity index (χ0v) is 8.43. The van der Waals surface area contributed by atoms with Crippen molar-refractivity contribution < 1.29 is 8.78 Å². The Bertz CT molecular complexity index is 312. The zero-order valence-electron chi connectivity index (χ0n) is 8.43. The monoisotopic (exact) mass is 199 g/mol. The average molecular weight is 199 g/mol. The van der Waals surface area contributed by atoms with Crippen molar-refractivity contribution in [1.29, 1.82) is 0 Å². The van der Waals surface area contributed by atoms with Crippen LogP contribution in [0.1, 0.15) is 31.9 Å². The van der Waals surface area contributed by atoms with E-state index in [9.17, 15) is 8.78 Å². The molecule has 3 heteroatoms. The molecule has 1 aromatic rings. The van der Waals surface area contributed by atoms with Gasteiger partial charge in [0.05, 0.1) is 0 Å². The maximum Gasteiger partial charge on any atom is 0.128 e. The molecule has 1 aromatic carbocycles. The molecule has 0 bridgehead atoms. The first-order chi connectivity index (χ1) is 6.56. The summed E-state index contributed by atoms with van der Waals surface area (Å²) in [6.07, 6.45) is 0.844. The molecule has 0 amide bonds. The molecular weight excluding hydrogens is 184 g/mol. The highest BCUT2D eigenvalue weighted by Crippen LogP contribution is 2.24. The largest absolute Gasteiger partial charge is 0.324 e. The van der Waals surface area contributed by atoms with Crippen molar-refractivity contribution in [1.82, 2.24) is 0 Å². The summed E-state index contributed by atoms with van der Waals surface area (Å²) in [7, 11) is 0. The van der Waals surface area contributed by atoms with Crippen molar-refractivity contribution in [2.75, 3.05) is 0 Å². The quantitative estimate of drug-likeness (QED) is 0.795. The fraction of sp³-hybridized carbons (Fsp3) is 0.455. The average Bonchev–Trinajstić information content (AvgIpc) is 2.19. The fourth-order valence-corrected chi connectivity index (χ4v) is 1.33. The van der Waals surface area contributed by atoms with Gasteiger partial charge in [-0.05, 0) is 24.1 Å². The second kappa shape index (κ2) is 4.51. The van der Waals surface area contributed by atoms with Gasteiger partial charge in [0.25, 0.3) is 0 Å². The number of nitrogens with two attached hydrogens (primary N) is 1. The molecule has 0 heterocycles. The lowest BCUT2D eigenvalue weighted by atomic mass is 9.93. The summed E-state index contributed by atoms with van der Waals surface area (Å²) in [5.74, 6) is -0.731. The Kier molecular flexibility index (Phi) is 3.58. The molecule has 0 saturated carbocycles. The molecule has 2 N–H and O–H groups in total. The SMILES string of the molecule is CCC(C)[C@@H](N)c1cc(F)ccc1F. The van der Waals surface area contributed by atoms with E-state index < -0.39 is 17.7 Å². The molecule has 0 fully saturated rings. The molecule has 2 atom stereocenters. The van der Waals surface area contributed by atoms with Gasteiger partial charge in [0.15, 0.2) is 0 Å². The maximum absolute atomic E-state index is 13.3. The van der Waals surface area contributed by atoms with Crippen molar-refractivity contribution in [2.24, 2.45) is 11.7 Å². The van der Waals surface area contributed by atoms with Crippen molar-refractivity contribution in [3.63, 3.8) is 0 Å². The number of halogens is 2. The Labute approximate surface area is 82.9 Å². The third-order valence-corrected chi connectivity index (χ3v) is 2.57. The van der Waals surface area contributed by atoms with Crippen LogP contribution in [-0.4, -0.2) is 0 Å². The predicted octanol–water partition coefficient (Wildman–Crippen LogP) is 3.01. The number of benzene rings is 1. The van der Waals surface area contributed by atoms with E-state index >= 15 is 0 Å². The summed E-state index contributed by atoms with van der Waals surface area (Å²) in [6, 6.07) is 2.96. The minimum absolute atomic E-state index is 0.145. The van der Waals surface area contributed by atoms with Gasteiger partial charge in [-0.25, -0.2) is 8.78 Å². The van der Waals surface area contributed by atoms with Crippen molar-refractivity contribution in [3.8, 4) is 0 Å². The molecule has 1 rings (SSSR count). The molecular formula is C11H15F2N. The molecule has 1 unspecified atom stereocenters. The van der Waals surface area contributed by atoms with Gasteiger partial charge in [-0.15, -0.1) is 0 Å². The van der Waals surface area contributed by atoms with E-state index in [1.54, 1.807) is 0 Å². The van der Waals surface area contributed by atoms with Crippen LogP contribution in [0.2, 0.25) is 0 Å². The van der Waals surface area contributed by atoms with E-state index in [-0.39, 0.29) is 11.5 Å². The molecule has 0 spiro atoms. The van der Waals surface area contributed by atoms with Gasteiger partial charge in [0.2, 0.25) is 0 Å². The highest BCUT2D eigenvalue weighted by atomic mass is 19.1. The van der Waals surface area contributed by atoms with Crippen LogP contribution in [0.4, 0.5) is 8.78 Å². The van der Waals surface area contributed by atoms with Crippen LogP contribution < -0.4 is 5.73 Å². The van der Waals surface area contributed by atoms with Gasteiger partial charge in [-0.2, -0.15) is 0 Å². The Morgan fingerprint density at radius 2 is 2.00 bits per heavy atom. The second-order valence-corrected chi connectivity index (χ2v) is 3.58. The molecule has 78 valence electrons. The summed E-state index contributed by atoms with van der Waals surface area (Å²) in [5, 5.41) is 0. The second-order valence-electron chi connectivity index (χ2n) is 3.58. The minimum Gasteiger partial charge on any atom is -0.324 e. The van der Waals surface area contributed by atoms with E-state index in [0.717, 1.165) is 18.6 Å². The van der Waals surface area contributed by atoms with Crippen LogP contribution in [0.5, 0.6) is 0 Å². The molecule has 0 aromatic heterocycles. The van der Waals surface area contributed by atoms with E-state index in [1.165, 1.54) is 6.07 Å². The first-order valence-corrected chi connectivity index (χ1v) is 4.76. The third kappa shape index (κ3) is 2.29. The Morgan fingerprint density at radius 1 is 1.36 bits per heavy atom. The van der Waals surface area contributed by atoms with Crippen LogP contribution in [0.15, 0.2) is 18.2 Å². The van der Waals surface area contributed by atoms with Crippen molar-refractivity contribution in [3.05, 3.63) is 35.4 Å². The molecule has 1 nitrogen and oxygen atoms in total. The Hall–Kier alpha value is -0.960. The molecule has 0 radical (unpaired) electrons. The summed E-state index contributed by atoms with van der Waals surface area (Å²) in [4.78, 5) is 0. The topological polar surface area (TPSA) is 26.0 Å². The molecule has 0 aliphatic heterocycles. The van der Waals surface area contributed by atoms with Gasteiger partial charge < -0.3 is 5.73 Å². The molecule has 0 aliphatic rings. The summed E-state index contributed by atoms with van der Waals surface area (Å²) < 4.78 is 26.1. The fourth-order valence-electron chi connectivity index (χ4n) is 1.33. The van der Waals surface area contributed by atoms with Crippen LogP contribution in [0.3, 0.4) is 0 Å². The zero-order chi connectivity index (χ0) is 10.7. The van der Waals surface area contributed by atoms with E-state index in [0.29, 0.717) is 0 Å². The van der Waals surface area contributed by atoms with Crippen LogP contribution >= 0.6 is 0 Å². The van der Waals surface area contributed by atoms with E-state index in [1.807, 2.05) is 13.8 Å². The first-order valence-electron chi connectivity index (χ1n) is 4.76. The lowest BCUT2D eigenvalue weighted by Crippen LogP contribution is -2.20. The standard InChI is InChI=1S/C11H15F2N/c1-3-7(2)11(14)9-6-8(12)4-5-10(9)13/h4-7,11H,3,14H2,1-2H3/t7?,11-/m1/s1.